The van der Waals surface area contributed by atoms with Gasteiger partial charge in [-0.05, 0) is 60.4 Å². The minimum absolute atomic E-state index is 0.204. The molecule has 0 aliphatic carbocycles. The summed E-state index contributed by atoms with van der Waals surface area (Å²) in [6, 6.07) is 14.7. The van der Waals surface area contributed by atoms with E-state index in [2.05, 4.69) is 61.2 Å². The number of esters is 1. The van der Waals surface area contributed by atoms with Crippen LogP contribution in [0.5, 0.6) is 0 Å². The van der Waals surface area contributed by atoms with Crippen LogP contribution in [0.25, 0.3) is 11.1 Å². The first-order valence-corrected chi connectivity index (χ1v) is 9.40. The van der Waals surface area contributed by atoms with E-state index >= 15 is 0 Å². The summed E-state index contributed by atoms with van der Waals surface area (Å²) in [7, 11) is 0. The summed E-state index contributed by atoms with van der Waals surface area (Å²) in [4.78, 5) is 11.5. The lowest BCUT2D eigenvalue weighted by Gasteiger charge is -2.13. The molecular formula is C24H28O3. The van der Waals surface area contributed by atoms with Gasteiger partial charge < -0.3 is 9.84 Å². The summed E-state index contributed by atoms with van der Waals surface area (Å²) >= 11 is 0. The van der Waals surface area contributed by atoms with Gasteiger partial charge in [0.25, 0.3) is 0 Å². The number of hydrogen-bond acceptors (Lipinski definition) is 3. The maximum atomic E-state index is 11.5. The predicted molar refractivity (Wildman–Crippen MR) is 110 cm³/mol. The minimum atomic E-state index is -0.417. The normalized spacial score (nSPS) is 10.9. The minimum Gasteiger partial charge on any atom is -0.458 e. The smallest absolute Gasteiger partial charge is 0.330 e. The van der Waals surface area contributed by atoms with Crippen LogP contribution in [0.15, 0.2) is 67.3 Å². The molecule has 3 heteroatoms. The molecule has 142 valence electrons. The molecule has 0 aliphatic rings. The monoisotopic (exact) mass is 364 g/mol. The highest BCUT2D eigenvalue weighted by Gasteiger charge is 2.09. The highest BCUT2D eigenvalue weighted by Crippen LogP contribution is 2.27. The molecule has 0 heterocycles. The molecule has 0 bridgehead atoms. The summed E-state index contributed by atoms with van der Waals surface area (Å²) in [5, 5.41) is 8.97. The van der Waals surface area contributed by atoms with Gasteiger partial charge in [-0.3, -0.25) is 0 Å². The zero-order valence-corrected chi connectivity index (χ0v) is 16.0. The van der Waals surface area contributed by atoms with Crippen molar-refractivity contribution in [3.8, 4) is 11.1 Å². The Balaban J connectivity index is 2.26. The van der Waals surface area contributed by atoms with E-state index in [9.17, 15) is 4.79 Å². The van der Waals surface area contributed by atoms with Crippen LogP contribution in [0.1, 0.15) is 36.5 Å². The van der Waals surface area contributed by atoms with Crippen molar-refractivity contribution >= 4 is 5.97 Å². The molecule has 0 saturated heterocycles. The topological polar surface area (TPSA) is 46.5 Å². The van der Waals surface area contributed by atoms with E-state index in [1.165, 1.54) is 17.2 Å². The third-order valence-electron chi connectivity index (χ3n) is 4.43. The number of carbonyl (C=O) groups is 1. The quantitative estimate of drug-likeness (QED) is 0.366. The highest BCUT2D eigenvalue weighted by molar-refractivity contribution is 5.81. The van der Waals surface area contributed by atoms with Gasteiger partial charge in [0.05, 0.1) is 0 Å². The molecule has 0 unspecified atom stereocenters. The standard InChI is InChI=1S/C24H28O3/c1-3-5-6-8-20-12-15-23(22(17-20)18-27-24(26)4-2)21-13-10-19(11-14-21)9-7-16-25/h3-5,10-15,17,25H,2,6-9,16,18H2,1H3/b5-3+. The molecule has 0 atom stereocenters. The SMILES string of the molecule is C=CC(=O)OCc1cc(CC/C=C/C)ccc1-c1ccc(CCCO)cc1. The second kappa shape index (κ2) is 11.1. The van der Waals surface area contributed by atoms with Crippen LogP contribution in [0, 0.1) is 0 Å². The van der Waals surface area contributed by atoms with Gasteiger partial charge in [-0.2, -0.15) is 0 Å². The zero-order valence-electron chi connectivity index (χ0n) is 16.0. The number of carbonyl (C=O) groups excluding carboxylic acids is 1. The molecule has 2 aromatic rings. The molecule has 2 rings (SSSR count). The fraction of sp³-hybridized carbons (Fsp3) is 0.292. The van der Waals surface area contributed by atoms with Crippen LogP contribution >= 0.6 is 0 Å². The lowest BCUT2D eigenvalue weighted by molar-refractivity contribution is -0.138. The van der Waals surface area contributed by atoms with E-state index in [0.29, 0.717) is 0 Å². The van der Waals surface area contributed by atoms with Crippen LogP contribution < -0.4 is 0 Å². The Labute approximate surface area is 162 Å². The Morgan fingerprint density at radius 2 is 1.85 bits per heavy atom. The molecular weight excluding hydrogens is 336 g/mol. The molecule has 0 amide bonds. The summed E-state index contributed by atoms with van der Waals surface area (Å²) in [5.74, 6) is -0.417. The van der Waals surface area contributed by atoms with Crippen molar-refractivity contribution in [2.75, 3.05) is 6.61 Å². The van der Waals surface area contributed by atoms with Gasteiger partial charge in [-0.1, -0.05) is 61.2 Å². The van der Waals surface area contributed by atoms with Gasteiger partial charge in [-0.25, -0.2) is 4.79 Å². The number of benzene rings is 2. The van der Waals surface area contributed by atoms with Crippen LogP contribution in [-0.4, -0.2) is 17.7 Å². The van der Waals surface area contributed by atoms with Crippen molar-refractivity contribution in [2.45, 2.75) is 39.2 Å². The van der Waals surface area contributed by atoms with Gasteiger partial charge in [-0.15, -0.1) is 0 Å². The third kappa shape index (κ3) is 6.54. The summed E-state index contributed by atoms with van der Waals surface area (Å²) in [5.41, 5.74) is 5.57. The van der Waals surface area contributed by atoms with Gasteiger partial charge in [0.15, 0.2) is 0 Å². The van der Waals surface area contributed by atoms with E-state index in [0.717, 1.165) is 42.4 Å². The average molecular weight is 364 g/mol. The van der Waals surface area contributed by atoms with Crippen molar-refractivity contribution in [2.24, 2.45) is 0 Å². The summed E-state index contributed by atoms with van der Waals surface area (Å²) < 4.78 is 5.30. The molecule has 27 heavy (non-hydrogen) atoms. The first-order valence-electron chi connectivity index (χ1n) is 9.40. The second-order valence-electron chi connectivity index (χ2n) is 6.44. The number of hydrogen-bond donors (Lipinski definition) is 1. The Morgan fingerprint density at radius 3 is 2.52 bits per heavy atom. The second-order valence-corrected chi connectivity index (χ2v) is 6.44. The van der Waals surface area contributed by atoms with Gasteiger partial charge >= 0.3 is 5.97 Å². The van der Waals surface area contributed by atoms with Crippen LogP contribution in [0.4, 0.5) is 0 Å². The maximum absolute atomic E-state index is 11.5. The molecule has 0 aliphatic heterocycles. The van der Waals surface area contributed by atoms with E-state index in [1.807, 2.05) is 6.92 Å². The number of aryl methyl sites for hydroxylation is 2. The zero-order chi connectivity index (χ0) is 19.5. The molecule has 0 radical (unpaired) electrons. The molecule has 0 saturated carbocycles. The fourth-order valence-corrected chi connectivity index (χ4v) is 2.96. The Morgan fingerprint density at radius 1 is 1.11 bits per heavy atom. The van der Waals surface area contributed by atoms with Crippen LogP contribution in [0.2, 0.25) is 0 Å². The van der Waals surface area contributed by atoms with Crippen molar-refractivity contribution in [3.63, 3.8) is 0 Å². The molecule has 0 spiro atoms. The van der Waals surface area contributed by atoms with E-state index in [-0.39, 0.29) is 13.2 Å². The average Bonchev–Trinajstić information content (AvgIpc) is 2.71. The van der Waals surface area contributed by atoms with Gasteiger partial charge in [0, 0.05) is 12.7 Å². The lowest BCUT2D eigenvalue weighted by atomic mass is 9.95. The number of rotatable bonds is 10. The third-order valence-corrected chi connectivity index (χ3v) is 4.43. The number of ether oxygens (including phenoxy) is 1. The van der Waals surface area contributed by atoms with Crippen LogP contribution in [0.3, 0.4) is 0 Å². The van der Waals surface area contributed by atoms with Crippen molar-refractivity contribution in [3.05, 3.63) is 84.0 Å². The lowest BCUT2D eigenvalue weighted by Crippen LogP contribution is -2.02. The largest absolute Gasteiger partial charge is 0.458 e. The molecule has 0 fully saturated rings. The predicted octanol–water partition coefficient (Wildman–Crippen LogP) is 5.02. The maximum Gasteiger partial charge on any atom is 0.330 e. The Bertz CT molecular complexity index is 773. The van der Waals surface area contributed by atoms with E-state index < -0.39 is 5.97 Å². The van der Waals surface area contributed by atoms with Crippen molar-refractivity contribution in [1.82, 2.24) is 0 Å². The summed E-state index contributed by atoms with van der Waals surface area (Å²) in [6.07, 6.45) is 8.96. The van der Waals surface area contributed by atoms with Gasteiger partial charge in [0.1, 0.15) is 6.61 Å². The number of aliphatic hydroxyl groups is 1. The highest BCUT2D eigenvalue weighted by atomic mass is 16.5. The molecule has 3 nitrogen and oxygen atoms in total. The van der Waals surface area contributed by atoms with E-state index in [4.69, 9.17) is 9.84 Å². The van der Waals surface area contributed by atoms with E-state index in [1.54, 1.807) is 0 Å². The number of allylic oxidation sites excluding steroid dienone is 2. The van der Waals surface area contributed by atoms with Crippen LogP contribution in [-0.2, 0) is 29.0 Å². The fourth-order valence-electron chi connectivity index (χ4n) is 2.96. The molecule has 2 aromatic carbocycles. The molecule has 1 N–H and O–H groups in total. The Hall–Kier alpha value is -2.65. The van der Waals surface area contributed by atoms with Crippen molar-refractivity contribution < 1.29 is 14.6 Å². The first-order chi connectivity index (χ1) is 13.2. The molecule has 0 aromatic heterocycles. The van der Waals surface area contributed by atoms with Gasteiger partial charge in [0.2, 0.25) is 0 Å². The Kier molecular flexibility index (Phi) is 8.53. The van der Waals surface area contributed by atoms with Crippen molar-refractivity contribution in [1.29, 1.82) is 0 Å². The summed E-state index contributed by atoms with van der Waals surface area (Å²) in [6.45, 7) is 5.91. The first kappa shape index (κ1) is 20.7. The number of aliphatic hydroxyl groups excluding tert-OH is 1.